The second kappa shape index (κ2) is 4.73. The van der Waals surface area contributed by atoms with Gasteiger partial charge in [0.2, 0.25) is 0 Å². The molecule has 1 heteroatoms. The predicted molar refractivity (Wildman–Crippen MR) is 53.9 cm³/mol. The molecule has 0 saturated carbocycles. The summed E-state index contributed by atoms with van der Waals surface area (Å²) in [6.07, 6.45) is 5.19. The first-order valence-electron chi connectivity index (χ1n) is 4.27. The minimum Gasteiger partial charge on any atom is -0.330 e. The van der Waals surface area contributed by atoms with Crippen LogP contribution in [0.1, 0.15) is 17.5 Å². The number of hydrogen-bond donors (Lipinski definition) is 1. The first-order chi connectivity index (χ1) is 5.84. The Morgan fingerprint density at radius 3 is 2.75 bits per heavy atom. The average Bonchev–Trinajstić information content (AvgIpc) is 2.09. The number of nitrogens with two attached hydrogens (primary N) is 1. The Morgan fingerprint density at radius 2 is 2.08 bits per heavy atom. The van der Waals surface area contributed by atoms with Crippen LogP contribution in [0.3, 0.4) is 0 Å². The average molecular weight is 161 g/mol. The summed E-state index contributed by atoms with van der Waals surface area (Å²) in [5.74, 6) is 0. The van der Waals surface area contributed by atoms with Crippen molar-refractivity contribution in [1.82, 2.24) is 0 Å². The second-order valence-corrected chi connectivity index (χ2v) is 2.84. The van der Waals surface area contributed by atoms with Gasteiger partial charge in [0.25, 0.3) is 0 Å². The van der Waals surface area contributed by atoms with Gasteiger partial charge in [-0.1, -0.05) is 36.4 Å². The van der Waals surface area contributed by atoms with Crippen LogP contribution in [0.15, 0.2) is 30.3 Å². The molecule has 2 N–H and O–H groups in total. The minimum absolute atomic E-state index is 0.725. The highest BCUT2D eigenvalue weighted by Gasteiger charge is 1.89. The van der Waals surface area contributed by atoms with E-state index in [0.29, 0.717) is 0 Å². The van der Waals surface area contributed by atoms with Gasteiger partial charge in [-0.15, -0.1) is 0 Å². The number of aryl methyl sites for hydroxylation is 1. The third kappa shape index (κ3) is 2.51. The van der Waals surface area contributed by atoms with Crippen LogP contribution in [0.2, 0.25) is 0 Å². The highest BCUT2D eigenvalue weighted by atomic mass is 14.5. The van der Waals surface area contributed by atoms with E-state index in [9.17, 15) is 0 Å². The molecule has 1 nitrogen and oxygen atoms in total. The van der Waals surface area contributed by atoms with Crippen molar-refractivity contribution >= 4 is 6.08 Å². The fourth-order valence-corrected chi connectivity index (χ4v) is 1.08. The summed E-state index contributed by atoms with van der Waals surface area (Å²) in [5, 5.41) is 0. The first-order valence-corrected chi connectivity index (χ1v) is 4.27. The molecule has 0 spiro atoms. The van der Waals surface area contributed by atoms with Crippen molar-refractivity contribution < 1.29 is 0 Å². The Labute approximate surface area is 73.9 Å². The summed E-state index contributed by atoms with van der Waals surface area (Å²) >= 11 is 0. The molecular formula is C11H15N. The highest BCUT2D eigenvalue weighted by molar-refractivity contribution is 5.53. The summed E-state index contributed by atoms with van der Waals surface area (Å²) in [6.45, 7) is 2.84. The van der Waals surface area contributed by atoms with Gasteiger partial charge in [-0.2, -0.15) is 0 Å². The van der Waals surface area contributed by atoms with Gasteiger partial charge in [-0.05, 0) is 31.0 Å². The van der Waals surface area contributed by atoms with E-state index in [1.165, 1.54) is 11.1 Å². The Kier molecular flexibility index (Phi) is 3.55. The smallest absolute Gasteiger partial charge is 0.00425 e. The maximum atomic E-state index is 5.38. The standard InChI is InChI=1S/C11H15N/c1-10-6-2-3-7-11(10)8-4-5-9-12/h2-4,6-8H,5,9,12H2,1H3/b8-4+. The number of rotatable bonds is 3. The van der Waals surface area contributed by atoms with Crippen LogP contribution in [0.4, 0.5) is 0 Å². The monoisotopic (exact) mass is 161 g/mol. The fraction of sp³-hybridized carbons (Fsp3) is 0.273. The Morgan fingerprint density at radius 1 is 1.33 bits per heavy atom. The molecule has 12 heavy (non-hydrogen) atoms. The third-order valence-electron chi connectivity index (χ3n) is 1.82. The first kappa shape index (κ1) is 9.01. The van der Waals surface area contributed by atoms with Crippen molar-refractivity contribution in [2.45, 2.75) is 13.3 Å². The van der Waals surface area contributed by atoms with Crippen molar-refractivity contribution in [3.63, 3.8) is 0 Å². The van der Waals surface area contributed by atoms with Crippen molar-refractivity contribution in [1.29, 1.82) is 0 Å². The minimum atomic E-state index is 0.725. The quantitative estimate of drug-likeness (QED) is 0.723. The topological polar surface area (TPSA) is 26.0 Å². The zero-order valence-corrected chi connectivity index (χ0v) is 7.46. The van der Waals surface area contributed by atoms with Gasteiger partial charge in [-0.25, -0.2) is 0 Å². The Balaban J connectivity index is 2.68. The fourth-order valence-electron chi connectivity index (χ4n) is 1.08. The van der Waals surface area contributed by atoms with Crippen LogP contribution in [0, 0.1) is 6.92 Å². The van der Waals surface area contributed by atoms with E-state index >= 15 is 0 Å². The molecule has 1 rings (SSSR count). The van der Waals surface area contributed by atoms with Crippen LogP contribution in [-0.4, -0.2) is 6.54 Å². The van der Waals surface area contributed by atoms with Gasteiger partial charge in [-0.3, -0.25) is 0 Å². The van der Waals surface area contributed by atoms with Crippen molar-refractivity contribution in [2.75, 3.05) is 6.54 Å². The molecule has 0 bridgehead atoms. The van der Waals surface area contributed by atoms with E-state index < -0.39 is 0 Å². The van der Waals surface area contributed by atoms with Gasteiger partial charge in [0.05, 0.1) is 0 Å². The van der Waals surface area contributed by atoms with E-state index in [-0.39, 0.29) is 0 Å². The SMILES string of the molecule is Cc1ccccc1/C=C/CCN. The van der Waals surface area contributed by atoms with Gasteiger partial charge < -0.3 is 5.73 Å². The van der Waals surface area contributed by atoms with Crippen LogP contribution < -0.4 is 5.73 Å². The summed E-state index contributed by atoms with van der Waals surface area (Å²) < 4.78 is 0. The van der Waals surface area contributed by atoms with Crippen LogP contribution in [0.5, 0.6) is 0 Å². The molecular weight excluding hydrogens is 146 g/mol. The molecule has 0 aliphatic rings. The summed E-state index contributed by atoms with van der Waals surface area (Å²) in [4.78, 5) is 0. The van der Waals surface area contributed by atoms with E-state index in [1.807, 2.05) is 0 Å². The predicted octanol–water partition coefficient (Wildman–Crippen LogP) is 2.36. The highest BCUT2D eigenvalue weighted by Crippen LogP contribution is 2.08. The van der Waals surface area contributed by atoms with Gasteiger partial charge in [0.1, 0.15) is 0 Å². The van der Waals surface area contributed by atoms with Crippen LogP contribution in [0.25, 0.3) is 6.08 Å². The third-order valence-corrected chi connectivity index (χ3v) is 1.82. The lowest BCUT2D eigenvalue weighted by atomic mass is 10.1. The molecule has 0 aromatic heterocycles. The molecule has 0 atom stereocenters. The Hall–Kier alpha value is -1.08. The molecule has 0 radical (unpaired) electrons. The molecule has 0 aliphatic carbocycles. The number of benzene rings is 1. The van der Waals surface area contributed by atoms with Gasteiger partial charge in [0, 0.05) is 0 Å². The maximum absolute atomic E-state index is 5.38. The summed E-state index contributed by atoms with van der Waals surface area (Å²) in [7, 11) is 0. The lowest BCUT2D eigenvalue weighted by molar-refractivity contribution is 1.01. The zero-order chi connectivity index (χ0) is 8.81. The van der Waals surface area contributed by atoms with Crippen LogP contribution >= 0.6 is 0 Å². The second-order valence-electron chi connectivity index (χ2n) is 2.84. The van der Waals surface area contributed by atoms with Crippen LogP contribution in [-0.2, 0) is 0 Å². The van der Waals surface area contributed by atoms with E-state index in [1.54, 1.807) is 0 Å². The van der Waals surface area contributed by atoms with E-state index in [4.69, 9.17) is 5.73 Å². The molecule has 1 aromatic rings. The van der Waals surface area contributed by atoms with Gasteiger partial charge in [0.15, 0.2) is 0 Å². The van der Waals surface area contributed by atoms with E-state index in [0.717, 1.165) is 13.0 Å². The van der Waals surface area contributed by atoms with E-state index in [2.05, 4.69) is 43.3 Å². The number of hydrogen-bond acceptors (Lipinski definition) is 1. The largest absolute Gasteiger partial charge is 0.330 e. The lowest BCUT2D eigenvalue weighted by Gasteiger charge is -1.97. The maximum Gasteiger partial charge on any atom is -0.00425 e. The molecule has 0 unspecified atom stereocenters. The molecule has 0 aliphatic heterocycles. The van der Waals surface area contributed by atoms with Crippen molar-refractivity contribution in [3.05, 3.63) is 41.5 Å². The molecule has 1 aromatic carbocycles. The molecule has 0 amide bonds. The van der Waals surface area contributed by atoms with Crippen molar-refractivity contribution in [3.8, 4) is 0 Å². The summed E-state index contributed by atoms with van der Waals surface area (Å²) in [5.41, 5.74) is 7.97. The van der Waals surface area contributed by atoms with Crippen molar-refractivity contribution in [2.24, 2.45) is 5.73 Å². The molecule has 64 valence electrons. The summed E-state index contributed by atoms with van der Waals surface area (Å²) in [6, 6.07) is 8.33. The molecule has 0 saturated heterocycles. The zero-order valence-electron chi connectivity index (χ0n) is 7.46. The lowest BCUT2D eigenvalue weighted by Crippen LogP contribution is -1.95. The molecule has 0 heterocycles. The van der Waals surface area contributed by atoms with Gasteiger partial charge >= 0.3 is 0 Å². The Bertz CT molecular complexity index is 263. The molecule has 0 fully saturated rings. The normalized spacial score (nSPS) is 10.8.